The van der Waals surface area contributed by atoms with Crippen molar-refractivity contribution in [3.8, 4) is 0 Å². The molecule has 0 aromatic heterocycles. The Morgan fingerprint density at radius 1 is 0.227 bits per heavy atom. The van der Waals surface area contributed by atoms with Crippen molar-refractivity contribution in [2.75, 3.05) is 37.1 Å². The van der Waals surface area contributed by atoms with E-state index in [4.69, 9.17) is 56.8 Å². The quantitative estimate of drug-likeness (QED) is 0.110. The topological polar surface area (TPSA) is 434 Å². The zero-order chi connectivity index (χ0) is 48.0. The molecule has 0 aromatic carbocycles. The van der Waals surface area contributed by atoms with Gasteiger partial charge < -0.3 is 139 Å². The van der Waals surface area contributed by atoms with E-state index < -0.39 is 211 Å². The summed E-state index contributed by atoms with van der Waals surface area (Å²) in [6.45, 7) is -3.77. The molecule has 0 aromatic rings. The van der Waals surface area contributed by atoms with E-state index in [2.05, 4.69) is 31.9 Å². The summed E-state index contributed by atoms with van der Waals surface area (Å²) in [6.07, 6.45) is -55.1. The number of aliphatic hydroxyl groups is 16. The molecule has 0 amide bonds. The van der Waals surface area contributed by atoms with E-state index in [1.807, 2.05) is 0 Å². The van der Waals surface area contributed by atoms with Gasteiger partial charge in [0.1, 0.15) is 134 Å². The lowest BCUT2D eigenvalue weighted by molar-refractivity contribution is -0.401. The third kappa shape index (κ3) is 10.4. The number of alkyl halides is 2. The van der Waals surface area contributed by atoms with E-state index in [-0.39, 0.29) is 10.7 Å². The van der Waals surface area contributed by atoms with Crippen LogP contribution in [0.25, 0.3) is 0 Å². The van der Waals surface area contributed by atoms with Gasteiger partial charge in [0.2, 0.25) is 0 Å². The van der Waals surface area contributed by atoms with Gasteiger partial charge >= 0.3 is 0 Å². The Morgan fingerprint density at radius 3 is 0.530 bits per heavy atom. The number of halogens is 2. The summed E-state index contributed by atoms with van der Waals surface area (Å²) in [5.41, 5.74) is 0. The van der Waals surface area contributed by atoms with Crippen molar-refractivity contribution in [3.05, 3.63) is 0 Å². The average Bonchev–Trinajstić information content (AvgIpc) is 3.31. The van der Waals surface area contributed by atoms with E-state index in [1.54, 1.807) is 0 Å². The molecule has 22 fully saturated rings. The molecular weight excluding hydrogens is 1040 g/mol. The Bertz CT molecular complexity index is 1240. The molecule has 22 aliphatic heterocycles. The Balaban J connectivity index is 1.19. The molecule has 0 spiro atoms. The Labute approximate surface area is 390 Å². The average molecular weight is 1100 g/mol. The third-order valence-electron chi connectivity index (χ3n) is 12.6. The molecule has 16 N–H and O–H groups in total. The van der Waals surface area contributed by atoms with Crippen molar-refractivity contribution in [3.63, 3.8) is 0 Å². The zero-order valence-corrected chi connectivity index (χ0v) is 37.5. The van der Waals surface area contributed by atoms with Crippen molar-refractivity contribution < 1.29 is 139 Å². The van der Waals surface area contributed by atoms with Gasteiger partial charge in [-0.25, -0.2) is 0 Å². The zero-order valence-electron chi connectivity index (χ0n) is 34.4. The summed E-state index contributed by atoms with van der Waals surface area (Å²) in [6, 6.07) is 0. The van der Waals surface area contributed by atoms with Crippen molar-refractivity contribution in [2.24, 2.45) is 0 Å². The van der Waals surface area contributed by atoms with Crippen LogP contribution in [0.15, 0.2) is 0 Å². The fourth-order valence-electron chi connectivity index (χ4n) is 8.88. The summed E-state index contributed by atoms with van der Waals surface area (Å²) >= 11 is 6.40. The first-order valence-corrected chi connectivity index (χ1v) is 23.2. The predicted octanol–water partition coefficient (Wildman–Crippen LogP) is -10.2. The molecule has 12 bridgehead atoms. The van der Waals surface area contributed by atoms with Crippen molar-refractivity contribution in [1.29, 1.82) is 0 Å². The van der Waals surface area contributed by atoms with Crippen molar-refractivity contribution in [1.82, 2.24) is 0 Å². The molecule has 30 atom stereocenters. The van der Waals surface area contributed by atoms with Gasteiger partial charge in [-0.2, -0.15) is 0 Å². The van der Waals surface area contributed by atoms with E-state index in [1.165, 1.54) is 0 Å². The lowest BCUT2D eigenvalue weighted by Crippen LogP contribution is -2.69. The molecule has 0 radical (unpaired) electrons. The van der Waals surface area contributed by atoms with Gasteiger partial charge in [-0.05, 0) is 0 Å². The van der Waals surface area contributed by atoms with E-state index in [0.29, 0.717) is 0 Å². The van der Waals surface area contributed by atoms with Crippen LogP contribution in [0.3, 0.4) is 0 Å². The summed E-state index contributed by atoms with van der Waals surface area (Å²) in [4.78, 5) is 0. The molecule has 0 unspecified atom stereocenters. The number of hydrogen-bond acceptors (Lipinski definition) is 28. The van der Waals surface area contributed by atoms with E-state index in [9.17, 15) is 81.7 Å². The highest BCUT2D eigenvalue weighted by Gasteiger charge is 2.58. The number of rotatable bonds is 6. The van der Waals surface area contributed by atoms with Gasteiger partial charge in [-0.15, -0.1) is 0 Å². The van der Waals surface area contributed by atoms with Gasteiger partial charge in [-0.3, -0.25) is 0 Å². The van der Waals surface area contributed by atoms with Crippen LogP contribution in [0, 0.1) is 0 Å². The van der Waals surface area contributed by atoms with Crippen LogP contribution in [-0.4, -0.2) is 303 Å². The van der Waals surface area contributed by atoms with Gasteiger partial charge in [0.25, 0.3) is 0 Å². The number of aliphatic hydroxyl groups excluding tert-OH is 16. The van der Waals surface area contributed by atoms with Gasteiger partial charge in [-0.1, -0.05) is 31.9 Å². The second kappa shape index (κ2) is 22.7. The van der Waals surface area contributed by atoms with Crippen LogP contribution in [0.5, 0.6) is 0 Å². The molecule has 30 heteroatoms. The maximum Gasteiger partial charge on any atom is 0.187 e. The van der Waals surface area contributed by atoms with Crippen LogP contribution in [0.2, 0.25) is 0 Å². The summed E-state index contributed by atoms with van der Waals surface area (Å²) in [5.74, 6) is 0. The molecule has 384 valence electrons. The van der Waals surface area contributed by atoms with Crippen LogP contribution < -0.4 is 0 Å². The fraction of sp³-hybridized carbons (Fsp3) is 1.00. The van der Waals surface area contributed by atoms with Gasteiger partial charge in [0.15, 0.2) is 37.7 Å². The normalized spacial score (nSPS) is 55.4. The lowest BCUT2D eigenvalue weighted by Gasteiger charge is -2.50. The summed E-state index contributed by atoms with van der Waals surface area (Å²) < 4.78 is 69.2. The fourth-order valence-corrected chi connectivity index (χ4v) is 9.92. The molecule has 22 saturated heterocycles. The van der Waals surface area contributed by atoms with Crippen LogP contribution in [0.1, 0.15) is 0 Å². The highest BCUT2D eigenvalue weighted by molar-refractivity contribution is 9.09. The van der Waals surface area contributed by atoms with E-state index in [0.717, 1.165) is 0 Å². The largest absolute Gasteiger partial charge is 0.394 e. The third-order valence-corrected chi connectivity index (χ3v) is 13.9. The monoisotopic (exact) mass is 1100 g/mol. The first-order chi connectivity index (χ1) is 31.4. The molecular formula is C36H58Br2O28. The predicted molar refractivity (Wildman–Crippen MR) is 209 cm³/mol. The standard InChI is InChI=1S/C36H58Br2O28/c37-1-7-25-13(43)19(49)31(55-7)63-27-9(3-39)59-35(23(53)17(27)47)66-30-12(6-42)58-34(22(52)16(30)46)62-26-8(2-38)56-32(20(50)14(26)44)64-28-10(4-40)60-36(24(54)18(28)48)65-29-11(5-41)57-33(61-25)21(51)15(29)45/h7-36,39-54H,1-6H2/t7-,8-,9-,10-,11-,12-,13-,14-,15-,16-,17-,18-,19-,20-,21-,22-,23-,24-,25-,26-,27-,28-,29-,30-,31-,32-,33-,34-,35-,36-/m1/s1. The summed E-state index contributed by atoms with van der Waals surface area (Å²) in [5, 5.41) is 176. The van der Waals surface area contributed by atoms with Gasteiger partial charge in [0.05, 0.1) is 38.6 Å². The molecule has 22 heterocycles. The highest BCUT2D eigenvalue weighted by Crippen LogP contribution is 2.38. The minimum atomic E-state index is -2.09. The van der Waals surface area contributed by atoms with Crippen LogP contribution >= 0.6 is 31.9 Å². The lowest BCUT2D eigenvalue weighted by atomic mass is 9.95. The van der Waals surface area contributed by atoms with Crippen molar-refractivity contribution in [2.45, 2.75) is 184 Å². The smallest absolute Gasteiger partial charge is 0.187 e. The maximum atomic E-state index is 11.3. The number of ether oxygens (including phenoxy) is 12. The maximum absolute atomic E-state index is 11.3. The molecule has 0 saturated carbocycles. The molecule has 22 rings (SSSR count). The molecule has 28 nitrogen and oxygen atoms in total. The first kappa shape index (κ1) is 53.6. The molecule has 66 heavy (non-hydrogen) atoms. The summed E-state index contributed by atoms with van der Waals surface area (Å²) in [7, 11) is 0. The minimum Gasteiger partial charge on any atom is -0.394 e. The molecule has 0 aliphatic carbocycles. The number of hydrogen-bond donors (Lipinski definition) is 16. The Hall–Kier alpha value is -0.160. The van der Waals surface area contributed by atoms with Crippen LogP contribution in [0.4, 0.5) is 0 Å². The van der Waals surface area contributed by atoms with Crippen molar-refractivity contribution >= 4 is 31.9 Å². The minimum absolute atomic E-state index is 0.177. The highest BCUT2D eigenvalue weighted by atomic mass is 79.9. The SMILES string of the molecule is OC[C@H]1O[C@@H]2O[C@H]3[C@H](O)[C@@H](O)[C@@H](O[C@H]4[C@H](O)[C@@H](O)[C@@H](O[C@H]5[C@H](O)[C@@H](O)[C@@H](O[C@H]6[C@H](O)[C@@H](O)[C@@H](O[C@H]7[C@H](O)[C@@H](O)[C@@H](O[C@H]1[C@H](O)[C@H]2O)O[C@@H]7CO)O[C@@H]6CBr)O[C@@H]5CO)O[C@@H]4CO)O[C@@H]3CBr. The second-order valence-electron chi connectivity index (χ2n) is 16.8. The Morgan fingerprint density at radius 2 is 0.379 bits per heavy atom. The Kier molecular flexibility index (Phi) is 18.5. The van der Waals surface area contributed by atoms with Gasteiger partial charge in [0, 0.05) is 10.7 Å². The molecule has 22 aliphatic rings. The van der Waals surface area contributed by atoms with E-state index >= 15 is 0 Å². The van der Waals surface area contributed by atoms with Crippen LogP contribution in [-0.2, 0) is 56.8 Å². The first-order valence-electron chi connectivity index (χ1n) is 21.0. The second-order valence-corrected chi connectivity index (χ2v) is 18.1.